The number of amides is 3. The zero-order chi connectivity index (χ0) is 24.2. The molecule has 2 atom stereocenters. The summed E-state index contributed by atoms with van der Waals surface area (Å²) in [4.78, 5) is 47.0. The zero-order valence-corrected chi connectivity index (χ0v) is 21.0. The fourth-order valence-electron chi connectivity index (χ4n) is 4.75. The van der Waals surface area contributed by atoms with E-state index in [1.807, 2.05) is 72.3 Å². The van der Waals surface area contributed by atoms with Crippen molar-refractivity contribution >= 4 is 29.1 Å². The molecule has 0 bridgehead atoms. The zero-order valence-electron chi connectivity index (χ0n) is 20.2. The molecule has 2 unspecified atom stereocenters. The molecule has 2 saturated heterocycles. The van der Waals surface area contributed by atoms with Crippen LogP contribution in [-0.2, 0) is 16.1 Å². The molecule has 182 valence electrons. The molecule has 3 heterocycles. The van der Waals surface area contributed by atoms with E-state index in [4.69, 9.17) is 0 Å². The minimum absolute atomic E-state index is 0.0162. The van der Waals surface area contributed by atoms with Gasteiger partial charge in [0.1, 0.15) is 6.04 Å². The number of rotatable bonds is 6. The van der Waals surface area contributed by atoms with Gasteiger partial charge in [0.15, 0.2) is 0 Å². The molecule has 34 heavy (non-hydrogen) atoms. The summed E-state index contributed by atoms with van der Waals surface area (Å²) in [6.45, 7) is 9.42. The summed E-state index contributed by atoms with van der Waals surface area (Å²) < 4.78 is 0. The number of piperazine rings is 1. The first-order chi connectivity index (χ1) is 16.3. The Morgan fingerprint density at radius 3 is 2.44 bits per heavy atom. The van der Waals surface area contributed by atoms with Crippen molar-refractivity contribution in [1.29, 1.82) is 0 Å². The SMILES string of the molecule is Cc1ccc(C(=O)N2CC(N(Cc3cccs3)C(=O)C(C)C)CC2C(=O)N2CCNCC2)cc1. The minimum atomic E-state index is -0.567. The second-order valence-corrected chi connectivity index (χ2v) is 10.5. The van der Waals surface area contributed by atoms with Crippen LogP contribution in [0.25, 0.3) is 0 Å². The lowest BCUT2D eigenvalue weighted by molar-refractivity contribution is -0.138. The Balaban J connectivity index is 1.63. The van der Waals surface area contributed by atoms with Crippen molar-refractivity contribution < 1.29 is 14.4 Å². The van der Waals surface area contributed by atoms with Gasteiger partial charge in [0.05, 0.1) is 12.6 Å². The van der Waals surface area contributed by atoms with Gasteiger partial charge in [-0.05, 0) is 36.9 Å². The molecular formula is C26H34N4O3S. The first-order valence-corrected chi connectivity index (χ1v) is 12.9. The minimum Gasteiger partial charge on any atom is -0.338 e. The van der Waals surface area contributed by atoms with E-state index in [-0.39, 0.29) is 29.7 Å². The average Bonchev–Trinajstić information content (AvgIpc) is 3.52. The van der Waals surface area contributed by atoms with Crippen LogP contribution in [0.4, 0.5) is 0 Å². The number of aryl methyl sites for hydroxylation is 1. The van der Waals surface area contributed by atoms with E-state index < -0.39 is 6.04 Å². The molecule has 0 radical (unpaired) electrons. The third kappa shape index (κ3) is 5.33. The lowest BCUT2D eigenvalue weighted by atomic mass is 10.1. The van der Waals surface area contributed by atoms with E-state index in [1.54, 1.807) is 16.2 Å². The van der Waals surface area contributed by atoms with E-state index >= 15 is 0 Å². The molecule has 2 aromatic rings. The molecule has 1 aromatic heterocycles. The topological polar surface area (TPSA) is 73.0 Å². The molecule has 2 aliphatic rings. The van der Waals surface area contributed by atoms with E-state index in [9.17, 15) is 14.4 Å². The predicted molar refractivity (Wildman–Crippen MR) is 134 cm³/mol. The number of hydrogen-bond donors (Lipinski definition) is 1. The van der Waals surface area contributed by atoms with Crippen LogP contribution in [0.3, 0.4) is 0 Å². The number of nitrogens with one attached hydrogen (secondary N) is 1. The van der Waals surface area contributed by atoms with Gasteiger partial charge in [-0.1, -0.05) is 37.6 Å². The quantitative estimate of drug-likeness (QED) is 0.687. The lowest BCUT2D eigenvalue weighted by Gasteiger charge is -2.32. The lowest BCUT2D eigenvalue weighted by Crippen LogP contribution is -2.53. The summed E-state index contributed by atoms with van der Waals surface area (Å²) in [5, 5.41) is 5.28. The van der Waals surface area contributed by atoms with Gasteiger partial charge in [-0.3, -0.25) is 14.4 Å². The maximum absolute atomic E-state index is 13.6. The van der Waals surface area contributed by atoms with Crippen molar-refractivity contribution in [3.63, 3.8) is 0 Å². The second-order valence-electron chi connectivity index (χ2n) is 9.50. The van der Waals surface area contributed by atoms with Crippen LogP contribution >= 0.6 is 11.3 Å². The van der Waals surface area contributed by atoms with Crippen LogP contribution in [-0.4, -0.2) is 77.2 Å². The van der Waals surface area contributed by atoms with Crippen molar-refractivity contribution in [2.45, 2.75) is 45.8 Å². The van der Waals surface area contributed by atoms with Gasteiger partial charge in [-0.25, -0.2) is 0 Å². The molecule has 0 saturated carbocycles. The molecule has 1 aromatic carbocycles. The standard InChI is InChI=1S/C26H34N4O3S/c1-18(2)24(31)29(17-22-5-4-14-34-22)21-15-23(26(33)28-12-10-27-11-13-28)30(16-21)25(32)20-8-6-19(3)7-9-20/h4-9,14,18,21,23,27H,10-13,15-17H2,1-3H3. The summed E-state index contributed by atoms with van der Waals surface area (Å²) in [6, 6.07) is 10.7. The van der Waals surface area contributed by atoms with E-state index in [0.29, 0.717) is 38.2 Å². The molecule has 0 aliphatic carbocycles. The highest BCUT2D eigenvalue weighted by Gasteiger charge is 2.45. The van der Waals surface area contributed by atoms with Gasteiger partial charge in [0.2, 0.25) is 11.8 Å². The number of carbonyl (C=O) groups excluding carboxylic acids is 3. The van der Waals surface area contributed by atoms with Crippen LogP contribution in [0.1, 0.15) is 41.1 Å². The molecule has 7 nitrogen and oxygen atoms in total. The van der Waals surface area contributed by atoms with Crippen molar-refractivity contribution in [3.8, 4) is 0 Å². The van der Waals surface area contributed by atoms with Crippen LogP contribution < -0.4 is 5.32 Å². The molecule has 2 fully saturated rings. The Kier molecular flexibility index (Phi) is 7.68. The number of thiophene rings is 1. The summed E-state index contributed by atoms with van der Waals surface area (Å²) in [6.07, 6.45) is 0.462. The number of carbonyl (C=O) groups is 3. The van der Waals surface area contributed by atoms with Gasteiger partial charge in [0.25, 0.3) is 5.91 Å². The van der Waals surface area contributed by atoms with E-state index in [0.717, 1.165) is 23.5 Å². The second kappa shape index (κ2) is 10.7. The monoisotopic (exact) mass is 482 g/mol. The van der Waals surface area contributed by atoms with E-state index in [1.165, 1.54) is 0 Å². The predicted octanol–water partition coefficient (Wildman–Crippen LogP) is 2.76. The third-order valence-corrected chi connectivity index (χ3v) is 7.54. The highest BCUT2D eigenvalue weighted by Crippen LogP contribution is 2.29. The van der Waals surface area contributed by atoms with Crippen molar-refractivity contribution in [2.75, 3.05) is 32.7 Å². The molecule has 4 rings (SSSR count). The Labute approximate surface area is 205 Å². The summed E-state index contributed by atoms with van der Waals surface area (Å²) in [7, 11) is 0. The van der Waals surface area contributed by atoms with Gasteiger partial charge in [0, 0.05) is 49.1 Å². The smallest absolute Gasteiger partial charge is 0.254 e. The normalized spacial score (nSPS) is 20.6. The fourth-order valence-corrected chi connectivity index (χ4v) is 5.45. The molecule has 0 spiro atoms. The Morgan fingerprint density at radius 1 is 1.12 bits per heavy atom. The highest BCUT2D eigenvalue weighted by molar-refractivity contribution is 7.09. The Morgan fingerprint density at radius 2 is 1.82 bits per heavy atom. The van der Waals surface area contributed by atoms with Crippen molar-refractivity contribution in [3.05, 3.63) is 57.8 Å². The molecule has 2 aliphatic heterocycles. The van der Waals surface area contributed by atoms with E-state index in [2.05, 4.69) is 5.32 Å². The summed E-state index contributed by atoms with van der Waals surface area (Å²) in [5.41, 5.74) is 1.65. The average molecular weight is 483 g/mol. The number of likely N-dealkylation sites (tertiary alicyclic amines) is 1. The Bertz CT molecular complexity index is 1000. The molecule has 3 amide bonds. The van der Waals surface area contributed by atoms with Gasteiger partial charge < -0.3 is 20.0 Å². The first kappa shape index (κ1) is 24.4. The first-order valence-electron chi connectivity index (χ1n) is 12.0. The number of nitrogens with zero attached hydrogens (tertiary/aromatic N) is 3. The van der Waals surface area contributed by atoms with Crippen LogP contribution in [0.5, 0.6) is 0 Å². The molecule has 8 heteroatoms. The van der Waals surface area contributed by atoms with Gasteiger partial charge in [-0.15, -0.1) is 11.3 Å². The third-order valence-electron chi connectivity index (χ3n) is 6.68. The van der Waals surface area contributed by atoms with Crippen molar-refractivity contribution in [2.24, 2.45) is 5.92 Å². The maximum atomic E-state index is 13.6. The van der Waals surface area contributed by atoms with Gasteiger partial charge in [-0.2, -0.15) is 0 Å². The van der Waals surface area contributed by atoms with Crippen LogP contribution in [0, 0.1) is 12.8 Å². The van der Waals surface area contributed by atoms with Crippen LogP contribution in [0.2, 0.25) is 0 Å². The maximum Gasteiger partial charge on any atom is 0.254 e. The highest BCUT2D eigenvalue weighted by atomic mass is 32.1. The van der Waals surface area contributed by atoms with Gasteiger partial charge >= 0.3 is 0 Å². The van der Waals surface area contributed by atoms with Crippen LogP contribution in [0.15, 0.2) is 41.8 Å². The fraction of sp³-hybridized carbons (Fsp3) is 0.500. The Hall–Kier alpha value is -2.71. The summed E-state index contributed by atoms with van der Waals surface area (Å²) >= 11 is 1.62. The largest absolute Gasteiger partial charge is 0.338 e. The molecule has 1 N–H and O–H groups in total. The number of hydrogen-bond acceptors (Lipinski definition) is 5. The number of benzene rings is 1. The van der Waals surface area contributed by atoms with Crippen molar-refractivity contribution in [1.82, 2.24) is 20.0 Å². The molecular weight excluding hydrogens is 448 g/mol. The summed E-state index contributed by atoms with van der Waals surface area (Å²) in [5.74, 6) is -0.276.